The number of likely N-dealkylation sites (N-methyl/N-ethyl adjacent to an activating group) is 1. The Hall–Kier alpha value is -0.670. The van der Waals surface area contributed by atoms with Gasteiger partial charge in [-0.25, -0.2) is 0 Å². The van der Waals surface area contributed by atoms with Crippen molar-refractivity contribution in [1.29, 1.82) is 0 Å². The average molecular weight is 322 g/mol. The van der Waals surface area contributed by atoms with E-state index in [1.807, 2.05) is 7.05 Å². The van der Waals surface area contributed by atoms with Crippen molar-refractivity contribution in [2.24, 2.45) is 0 Å². The van der Waals surface area contributed by atoms with Crippen molar-refractivity contribution in [3.8, 4) is 0 Å². The zero-order valence-corrected chi connectivity index (χ0v) is 13.8. The van der Waals surface area contributed by atoms with Gasteiger partial charge in [-0.3, -0.25) is 4.79 Å². The normalized spacial score (nSPS) is 13.7. The van der Waals surface area contributed by atoms with Crippen LogP contribution >= 0.6 is 0 Å². The second-order valence-corrected chi connectivity index (χ2v) is 6.13. The molecule has 0 rings (SSSR count). The molecule has 0 spiro atoms. The zero-order chi connectivity index (χ0) is 16.1. The first kappa shape index (κ1) is 20.3. The summed E-state index contributed by atoms with van der Waals surface area (Å²) in [5.74, 6) is -0.330. The third kappa shape index (κ3) is 12.8. The van der Waals surface area contributed by atoms with E-state index in [0.717, 1.165) is 6.54 Å². The minimum Gasteiger partial charge on any atom is -0.615 e. The predicted octanol–water partition coefficient (Wildman–Crippen LogP) is -0.571. The number of ketones is 1. The highest BCUT2D eigenvalue weighted by Gasteiger charge is 2.21. The molecule has 0 heterocycles. The molecule has 1 amide bonds. The lowest BCUT2D eigenvalue weighted by Gasteiger charge is -2.19. The Labute approximate surface area is 129 Å². The number of carbonyl (C=O) groups excluding carboxylic acids is 2. The van der Waals surface area contributed by atoms with Gasteiger partial charge in [0.2, 0.25) is 5.91 Å². The molecule has 0 saturated carbocycles. The summed E-state index contributed by atoms with van der Waals surface area (Å²) in [5, 5.41) is 5.05. The summed E-state index contributed by atoms with van der Waals surface area (Å²) in [6.07, 6.45) is 2.17. The van der Waals surface area contributed by atoms with E-state index in [0.29, 0.717) is 32.7 Å². The molecule has 0 aliphatic heterocycles. The Morgan fingerprint density at radius 1 is 1.24 bits per heavy atom. The van der Waals surface area contributed by atoms with Crippen molar-refractivity contribution in [1.82, 2.24) is 10.6 Å². The van der Waals surface area contributed by atoms with Crippen LogP contribution in [0, 0.1) is 0 Å². The van der Waals surface area contributed by atoms with Crippen molar-refractivity contribution in [2.45, 2.75) is 25.1 Å². The van der Waals surface area contributed by atoms with E-state index in [2.05, 4.69) is 10.6 Å². The van der Waals surface area contributed by atoms with E-state index in [1.165, 1.54) is 13.2 Å². The summed E-state index contributed by atoms with van der Waals surface area (Å²) in [6, 6.07) is 0. The molecule has 21 heavy (non-hydrogen) atoms. The summed E-state index contributed by atoms with van der Waals surface area (Å²) in [7, 11) is 1.84. The fourth-order valence-electron chi connectivity index (χ4n) is 1.44. The molecule has 7 nitrogen and oxygen atoms in total. The molecule has 0 aromatic carbocycles. The highest BCUT2D eigenvalue weighted by Crippen LogP contribution is 2.05. The number of amides is 1. The van der Waals surface area contributed by atoms with Gasteiger partial charge in [-0.05, 0) is 25.1 Å². The fourth-order valence-corrected chi connectivity index (χ4v) is 2.18. The summed E-state index contributed by atoms with van der Waals surface area (Å²) in [4.78, 5) is 22.6. The lowest BCUT2D eigenvalue weighted by molar-refractivity contribution is -0.126. The van der Waals surface area contributed by atoms with Gasteiger partial charge in [-0.15, -0.1) is 0 Å². The summed E-state index contributed by atoms with van der Waals surface area (Å²) >= 11 is -1.22. The van der Waals surface area contributed by atoms with Crippen LogP contribution in [0.4, 0.5) is 0 Å². The molecule has 0 bridgehead atoms. The van der Waals surface area contributed by atoms with E-state index in [4.69, 9.17) is 9.47 Å². The van der Waals surface area contributed by atoms with E-state index in [9.17, 15) is 14.1 Å². The third-order valence-electron chi connectivity index (χ3n) is 2.58. The molecule has 0 fully saturated rings. The molecule has 8 heteroatoms. The van der Waals surface area contributed by atoms with Gasteiger partial charge >= 0.3 is 0 Å². The van der Waals surface area contributed by atoms with Crippen LogP contribution < -0.4 is 10.6 Å². The van der Waals surface area contributed by atoms with Crippen molar-refractivity contribution < 1.29 is 23.6 Å². The van der Waals surface area contributed by atoms with Crippen LogP contribution in [0.5, 0.6) is 0 Å². The third-order valence-corrected chi connectivity index (χ3v) is 3.74. The predicted molar refractivity (Wildman–Crippen MR) is 81.5 cm³/mol. The van der Waals surface area contributed by atoms with Gasteiger partial charge < -0.3 is 29.5 Å². The lowest BCUT2D eigenvalue weighted by atomic mass is 10.2. The lowest BCUT2D eigenvalue weighted by Crippen LogP contribution is -2.42. The largest absolute Gasteiger partial charge is 0.615 e. The quantitative estimate of drug-likeness (QED) is 0.348. The van der Waals surface area contributed by atoms with Gasteiger partial charge in [0.05, 0.1) is 26.1 Å². The Kier molecular flexibility index (Phi) is 12.6. The molecular weight excluding hydrogens is 296 g/mol. The van der Waals surface area contributed by atoms with Crippen LogP contribution in [-0.4, -0.2) is 67.9 Å². The van der Waals surface area contributed by atoms with Crippen molar-refractivity contribution in [3.05, 3.63) is 0 Å². The maximum absolute atomic E-state index is 11.6. The second-order valence-electron chi connectivity index (χ2n) is 4.56. The molecule has 0 aromatic rings. The number of Topliss-reactive ketones (excluding diaryl/α,β-unsaturated/α-hetero) is 1. The molecule has 0 saturated heterocycles. The van der Waals surface area contributed by atoms with Crippen LogP contribution in [0.1, 0.15) is 19.8 Å². The van der Waals surface area contributed by atoms with Gasteiger partial charge in [0.1, 0.15) is 12.4 Å². The minimum atomic E-state index is -1.22. The molecule has 0 aliphatic carbocycles. The van der Waals surface area contributed by atoms with E-state index >= 15 is 0 Å². The van der Waals surface area contributed by atoms with Crippen LogP contribution in [0.3, 0.4) is 0 Å². The number of ether oxygens (including phenoxy) is 2. The van der Waals surface area contributed by atoms with E-state index < -0.39 is 16.5 Å². The Bertz CT molecular complexity index is 302. The van der Waals surface area contributed by atoms with Crippen LogP contribution in [0.2, 0.25) is 0 Å². The molecular formula is C13H26N2O5S. The van der Waals surface area contributed by atoms with Gasteiger partial charge in [0.15, 0.2) is 5.37 Å². The smallest absolute Gasteiger partial charge is 0.249 e. The fraction of sp³-hybridized carbons (Fsp3) is 0.846. The first-order valence-electron chi connectivity index (χ1n) is 6.88. The SMILES string of the molecule is CNCCOCCOCC(=O)NC(CCC(C)=O)[S+](C)[O-]. The highest BCUT2D eigenvalue weighted by molar-refractivity contribution is 7.91. The number of nitrogens with one attached hydrogen (secondary N) is 2. The standard InChI is InChI=1S/C13H26N2O5S/c1-11(16)4-5-13(21(3)18)15-12(17)10-20-9-8-19-7-6-14-2/h13-14H,4-10H2,1-3H3,(H,15,17). The number of hydrogen-bond donors (Lipinski definition) is 2. The summed E-state index contributed by atoms with van der Waals surface area (Å²) in [5.41, 5.74) is 0. The average Bonchev–Trinajstić information content (AvgIpc) is 2.41. The van der Waals surface area contributed by atoms with Crippen molar-refractivity contribution in [2.75, 3.05) is 46.3 Å². The molecule has 2 N–H and O–H groups in total. The number of rotatable bonds is 13. The number of hydrogen-bond acceptors (Lipinski definition) is 6. The topological polar surface area (TPSA) is 99.7 Å². The van der Waals surface area contributed by atoms with Crippen LogP contribution in [-0.2, 0) is 30.2 Å². The maximum atomic E-state index is 11.6. The maximum Gasteiger partial charge on any atom is 0.249 e. The molecule has 124 valence electrons. The summed E-state index contributed by atoms with van der Waals surface area (Å²) in [6.45, 7) is 3.46. The molecule has 0 aromatic heterocycles. The van der Waals surface area contributed by atoms with Gasteiger partial charge in [0, 0.05) is 19.4 Å². The first-order valence-corrected chi connectivity index (χ1v) is 8.50. The zero-order valence-electron chi connectivity index (χ0n) is 13.0. The van der Waals surface area contributed by atoms with Crippen molar-refractivity contribution >= 4 is 22.9 Å². The van der Waals surface area contributed by atoms with Crippen LogP contribution in [0.25, 0.3) is 0 Å². The van der Waals surface area contributed by atoms with Crippen molar-refractivity contribution in [3.63, 3.8) is 0 Å². The monoisotopic (exact) mass is 322 g/mol. The Morgan fingerprint density at radius 3 is 2.48 bits per heavy atom. The Balaban J connectivity index is 3.75. The Morgan fingerprint density at radius 2 is 1.90 bits per heavy atom. The minimum absolute atomic E-state index is 0.00895. The van der Waals surface area contributed by atoms with E-state index in [-0.39, 0.29) is 18.3 Å². The molecule has 2 unspecified atom stereocenters. The van der Waals surface area contributed by atoms with Crippen LogP contribution in [0.15, 0.2) is 0 Å². The molecule has 0 radical (unpaired) electrons. The summed E-state index contributed by atoms with van der Waals surface area (Å²) < 4.78 is 21.9. The number of carbonyl (C=O) groups is 2. The highest BCUT2D eigenvalue weighted by atomic mass is 32.2. The van der Waals surface area contributed by atoms with Gasteiger partial charge in [0.25, 0.3) is 0 Å². The molecule has 0 aliphatic rings. The first-order chi connectivity index (χ1) is 9.97. The second kappa shape index (κ2) is 13.0. The van der Waals surface area contributed by atoms with E-state index in [1.54, 1.807) is 0 Å². The molecule has 2 atom stereocenters. The van der Waals surface area contributed by atoms with Gasteiger partial charge in [-0.1, -0.05) is 0 Å². The van der Waals surface area contributed by atoms with Gasteiger partial charge in [-0.2, -0.15) is 0 Å².